The highest BCUT2D eigenvalue weighted by Gasteiger charge is 2.26. The zero-order valence-electron chi connectivity index (χ0n) is 11.8. The van der Waals surface area contributed by atoms with Crippen LogP contribution < -0.4 is 5.32 Å². The first-order valence-corrected chi connectivity index (χ1v) is 7.02. The molecule has 1 saturated carbocycles. The number of hydrogen-bond acceptors (Lipinski definition) is 3. The molecule has 0 aromatic carbocycles. The number of methoxy groups -OCH3 is 1. The van der Waals surface area contributed by atoms with Crippen molar-refractivity contribution in [2.24, 2.45) is 5.92 Å². The summed E-state index contributed by atoms with van der Waals surface area (Å²) in [5.41, 5.74) is 1.09. The summed E-state index contributed by atoms with van der Waals surface area (Å²) in [5, 5.41) is 3.37. The van der Waals surface area contributed by atoms with Crippen LogP contribution in [0.4, 0.5) is 5.95 Å². The van der Waals surface area contributed by atoms with Gasteiger partial charge in [0.2, 0.25) is 5.95 Å². The lowest BCUT2D eigenvalue weighted by Gasteiger charge is -2.19. The second kappa shape index (κ2) is 6.23. The van der Waals surface area contributed by atoms with Gasteiger partial charge in [-0.1, -0.05) is 19.8 Å². The van der Waals surface area contributed by atoms with E-state index in [1.165, 1.54) is 25.7 Å². The Hall–Kier alpha value is -1.03. The molecule has 1 atom stereocenters. The van der Waals surface area contributed by atoms with Gasteiger partial charge in [0.05, 0.1) is 12.3 Å². The number of nitrogens with one attached hydrogen (secondary N) is 1. The van der Waals surface area contributed by atoms with Crippen molar-refractivity contribution in [1.82, 2.24) is 9.55 Å². The molecule has 1 fully saturated rings. The van der Waals surface area contributed by atoms with Gasteiger partial charge in [-0.25, -0.2) is 4.98 Å². The van der Waals surface area contributed by atoms with Gasteiger partial charge < -0.3 is 14.6 Å². The van der Waals surface area contributed by atoms with E-state index in [0.717, 1.165) is 24.1 Å². The lowest BCUT2D eigenvalue weighted by Crippen LogP contribution is -2.16. The Morgan fingerprint density at radius 2 is 2.33 bits per heavy atom. The Bertz CT molecular complexity index is 371. The van der Waals surface area contributed by atoms with E-state index < -0.39 is 0 Å². The SMILES string of the molecule is CCC(CC1CC1)n1cc(C)nc1NCCOC. The molecule has 1 N–H and O–H groups in total. The highest BCUT2D eigenvalue weighted by atomic mass is 16.5. The zero-order valence-corrected chi connectivity index (χ0v) is 11.8. The third-order valence-electron chi connectivity index (χ3n) is 3.61. The number of anilines is 1. The van der Waals surface area contributed by atoms with Crippen LogP contribution in [0.1, 0.15) is 44.3 Å². The van der Waals surface area contributed by atoms with Crippen LogP contribution >= 0.6 is 0 Å². The predicted octanol–water partition coefficient (Wildman–Crippen LogP) is 3.00. The van der Waals surface area contributed by atoms with Crippen LogP contribution in [0.5, 0.6) is 0 Å². The number of aryl methyl sites for hydroxylation is 1. The van der Waals surface area contributed by atoms with Gasteiger partial charge in [-0.15, -0.1) is 0 Å². The van der Waals surface area contributed by atoms with Crippen LogP contribution in [0.3, 0.4) is 0 Å². The summed E-state index contributed by atoms with van der Waals surface area (Å²) < 4.78 is 7.39. The normalized spacial score (nSPS) is 16.8. The minimum absolute atomic E-state index is 0.587. The summed E-state index contributed by atoms with van der Waals surface area (Å²) in [5.74, 6) is 1.95. The molecule has 0 saturated heterocycles. The van der Waals surface area contributed by atoms with Crippen LogP contribution in [-0.4, -0.2) is 29.8 Å². The van der Waals surface area contributed by atoms with Gasteiger partial charge in [0.1, 0.15) is 0 Å². The third-order valence-corrected chi connectivity index (χ3v) is 3.61. The third kappa shape index (κ3) is 3.48. The molecule has 1 aromatic rings. The van der Waals surface area contributed by atoms with Gasteiger partial charge in [-0.3, -0.25) is 0 Å². The van der Waals surface area contributed by atoms with Crippen LogP contribution in [-0.2, 0) is 4.74 Å². The largest absolute Gasteiger partial charge is 0.383 e. The van der Waals surface area contributed by atoms with Crippen molar-refractivity contribution in [2.75, 3.05) is 25.6 Å². The van der Waals surface area contributed by atoms with E-state index in [0.29, 0.717) is 12.6 Å². The highest BCUT2D eigenvalue weighted by molar-refractivity contribution is 5.29. The van der Waals surface area contributed by atoms with E-state index in [2.05, 4.69) is 34.9 Å². The molecule has 0 amide bonds. The maximum absolute atomic E-state index is 5.07. The molecule has 2 rings (SSSR count). The molecule has 1 aromatic heterocycles. The quantitative estimate of drug-likeness (QED) is 0.722. The minimum Gasteiger partial charge on any atom is -0.383 e. The first-order chi connectivity index (χ1) is 8.74. The first kappa shape index (κ1) is 13.4. The fourth-order valence-corrected chi connectivity index (χ4v) is 2.41. The number of hydrogen-bond donors (Lipinski definition) is 1. The van der Waals surface area contributed by atoms with Crippen molar-refractivity contribution in [3.05, 3.63) is 11.9 Å². The molecular formula is C14H25N3O. The molecule has 1 unspecified atom stereocenters. The van der Waals surface area contributed by atoms with Crippen molar-refractivity contribution in [3.8, 4) is 0 Å². The van der Waals surface area contributed by atoms with Crippen molar-refractivity contribution < 1.29 is 4.74 Å². The second-order valence-corrected chi connectivity index (χ2v) is 5.27. The predicted molar refractivity (Wildman–Crippen MR) is 74.0 cm³/mol. The van der Waals surface area contributed by atoms with Gasteiger partial charge in [0.25, 0.3) is 0 Å². The van der Waals surface area contributed by atoms with Crippen LogP contribution in [0.15, 0.2) is 6.20 Å². The Morgan fingerprint density at radius 3 is 2.94 bits per heavy atom. The highest BCUT2D eigenvalue weighted by Crippen LogP contribution is 2.38. The van der Waals surface area contributed by atoms with Crippen molar-refractivity contribution in [3.63, 3.8) is 0 Å². The Morgan fingerprint density at radius 1 is 1.56 bits per heavy atom. The lowest BCUT2D eigenvalue weighted by molar-refractivity contribution is 0.210. The summed E-state index contributed by atoms with van der Waals surface area (Å²) in [4.78, 5) is 4.58. The number of rotatable bonds is 8. The summed E-state index contributed by atoms with van der Waals surface area (Å²) in [6.45, 7) is 5.85. The smallest absolute Gasteiger partial charge is 0.203 e. The maximum atomic E-state index is 5.07. The van der Waals surface area contributed by atoms with Crippen molar-refractivity contribution in [2.45, 2.75) is 45.6 Å². The minimum atomic E-state index is 0.587. The van der Waals surface area contributed by atoms with Gasteiger partial charge in [-0.2, -0.15) is 0 Å². The fourth-order valence-electron chi connectivity index (χ4n) is 2.41. The zero-order chi connectivity index (χ0) is 13.0. The Kier molecular flexibility index (Phi) is 4.64. The van der Waals surface area contributed by atoms with Crippen molar-refractivity contribution in [1.29, 1.82) is 0 Å². The number of imidazole rings is 1. The summed E-state index contributed by atoms with van der Waals surface area (Å²) in [7, 11) is 1.72. The summed E-state index contributed by atoms with van der Waals surface area (Å²) in [6.07, 6.45) is 7.47. The number of ether oxygens (including phenoxy) is 1. The Balaban J connectivity index is 2.03. The molecule has 1 heterocycles. The van der Waals surface area contributed by atoms with Crippen molar-refractivity contribution >= 4 is 5.95 Å². The maximum Gasteiger partial charge on any atom is 0.203 e. The van der Waals surface area contributed by atoms with E-state index in [-0.39, 0.29) is 0 Å². The average molecular weight is 251 g/mol. The fraction of sp³-hybridized carbons (Fsp3) is 0.786. The molecule has 4 nitrogen and oxygen atoms in total. The standard InChI is InChI=1S/C14H25N3O/c1-4-13(9-12-5-6-12)17-10-11(2)16-14(17)15-7-8-18-3/h10,12-13H,4-9H2,1-3H3,(H,15,16). The molecule has 0 spiro atoms. The van der Waals surface area contributed by atoms with E-state index in [4.69, 9.17) is 4.74 Å². The molecule has 102 valence electrons. The molecule has 1 aliphatic rings. The first-order valence-electron chi connectivity index (χ1n) is 7.02. The molecular weight excluding hydrogens is 226 g/mol. The van der Waals surface area contributed by atoms with E-state index >= 15 is 0 Å². The molecule has 18 heavy (non-hydrogen) atoms. The topological polar surface area (TPSA) is 39.1 Å². The van der Waals surface area contributed by atoms with Crippen LogP contribution in [0.2, 0.25) is 0 Å². The van der Waals surface area contributed by atoms with Gasteiger partial charge in [0, 0.05) is 25.9 Å². The van der Waals surface area contributed by atoms with E-state index in [9.17, 15) is 0 Å². The van der Waals surface area contributed by atoms with Crippen LogP contribution in [0, 0.1) is 12.8 Å². The molecule has 4 heteroatoms. The van der Waals surface area contributed by atoms with Gasteiger partial charge in [-0.05, 0) is 25.7 Å². The summed E-state index contributed by atoms with van der Waals surface area (Å²) in [6, 6.07) is 0.587. The molecule has 1 aliphatic carbocycles. The summed E-state index contributed by atoms with van der Waals surface area (Å²) >= 11 is 0. The van der Waals surface area contributed by atoms with Gasteiger partial charge >= 0.3 is 0 Å². The second-order valence-electron chi connectivity index (χ2n) is 5.27. The number of aromatic nitrogens is 2. The van der Waals surface area contributed by atoms with Gasteiger partial charge in [0.15, 0.2) is 0 Å². The lowest BCUT2D eigenvalue weighted by atomic mass is 10.1. The van der Waals surface area contributed by atoms with E-state index in [1.807, 2.05) is 0 Å². The molecule has 0 radical (unpaired) electrons. The monoisotopic (exact) mass is 251 g/mol. The number of nitrogens with zero attached hydrogens (tertiary/aromatic N) is 2. The average Bonchev–Trinajstić information content (AvgIpc) is 3.10. The Labute approximate surface area is 110 Å². The van der Waals surface area contributed by atoms with Crippen LogP contribution in [0.25, 0.3) is 0 Å². The molecule has 0 bridgehead atoms. The van der Waals surface area contributed by atoms with E-state index in [1.54, 1.807) is 7.11 Å². The molecule has 0 aliphatic heterocycles.